The summed E-state index contributed by atoms with van der Waals surface area (Å²) in [6, 6.07) is 1.31. The molecule has 1 saturated heterocycles. The molecule has 0 atom stereocenters. The summed E-state index contributed by atoms with van der Waals surface area (Å²) in [5.41, 5.74) is -0.294. The number of sulfone groups is 1. The number of nitrogens with zero attached hydrogens (tertiary/aromatic N) is 5. The fraction of sp³-hybridized carbons (Fsp3) is 0.455. The lowest BCUT2D eigenvalue weighted by Crippen LogP contribution is -2.30. The summed E-state index contributed by atoms with van der Waals surface area (Å²) < 4.78 is 69.1. The standard InChI is InChI=1S/C22H24F3N7O3S2/c1-12-15(11-28-32(12)13-3-5-26-6-4-13)29-21-27-10-14(22(23,24)25)18(30-21)16-9-17-19(36-16)20(33)31(2)7-8-37(17,34)35/h9-11,13,26H,3-8H2,1-2H3,(H,27,29,30). The Hall–Kier alpha value is -3.04. The molecule has 3 aromatic rings. The van der Waals surface area contributed by atoms with Crippen LogP contribution in [0.4, 0.5) is 24.8 Å². The van der Waals surface area contributed by atoms with Crippen LogP contribution < -0.4 is 10.6 Å². The van der Waals surface area contributed by atoms with Crippen LogP contribution in [0.1, 0.15) is 39.8 Å². The number of anilines is 2. The molecule has 10 nitrogen and oxygen atoms in total. The van der Waals surface area contributed by atoms with Gasteiger partial charge in [-0.25, -0.2) is 18.4 Å². The lowest BCUT2D eigenvalue weighted by Gasteiger charge is -2.24. The minimum atomic E-state index is -4.80. The molecule has 2 aliphatic heterocycles. The van der Waals surface area contributed by atoms with Crippen LogP contribution in [0.25, 0.3) is 10.6 Å². The first-order valence-electron chi connectivity index (χ1n) is 11.5. The van der Waals surface area contributed by atoms with Gasteiger partial charge in [-0.3, -0.25) is 9.48 Å². The SMILES string of the molecule is Cc1c(Nc2ncc(C(F)(F)F)c(-c3cc4c(s3)C(=O)N(C)CCS4(=O)=O)n2)cnn1C1CCNCC1. The number of hydrogen-bond acceptors (Lipinski definition) is 9. The minimum absolute atomic E-state index is 0.00230. The molecule has 0 aliphatic carbocycles. The van der Waals surface area contributed by atoms with Gasteiger partial charge in [0.2, 0.25) is 5.95 Å². The third-order valence-corrected chi connectivity index (χ3v) is 9.51. The number of nitrogens with one attached hydrogen (secondary N) is 2. The topological polar surface area (TPSA) is 122 Å². The Balaban J connectivity index is 1.55. The van der Waals surface area contributed by atoms with E-state index in [2.05, 4.69) is 25.7 Å². The van der Waals surface area contributed by atoms with E-state index in [4.69, 9.17) is 0 Å². The summed E-state index contributed by atoms with van der Waals surface area (Å²) in [6.07, 6.45) is -0.757. The molecule has 1 amide bonds. The Kier molecular flexibility index (Phi) is 6.48. The molecule has 0 radical (unpaired) electrons. The summed E-state index contributed by atoms with van der Waals surface area (Å²) >= 11 is 0.676. The Morgan fingerprint density at radius 3 is 2.65 bits per heavy atom. The molecule has 0 saturated carbocycles. The largest absolute Gasteiger partial charge is 0.420 e. The monoisotopic (exact) mass is 555 g/mol. The molecule has 15 heteroatoms. The van der Waals surface area contributed by atoms with Gasteiger partial charge in [-0.15, -0.1) is 11.3 Å². The normalized spacial score (nSPS) is 18.5. The average molecular weight is 556 g/mol. The molecular formula is C22H24F3N7O3S2. The van der Waals surface area contributed by atoms with E-state index in [1.165, 1.54) is 11.9 Å². The number of piperidine rings is 1. The third-order valence-electron chi connectivity index (χ3n) is 6.54. The van der Waals surface area contributed by atoms with Crippen LogP contribution in [0.15, 0.2) is 23.4 Å². The first-order chi connectivity index (χ1) is 17.5. The summed E-state index contributed by atoms with van der Waals surface area (Å²) in [6.45, 7) is 3.59. The van der Waals surface area contributed by atoms with Gasteiger partial charge >= 0.3 is 6.18 Å². The zero-order valence-corrected chi connectivity index (χ0v) is 21.6. The molecule has 0 aromatic carbocycles. The lowest BCUT2D eigenvalue weighted by atomic mass is 10.1. The van der Waals surface area contributed by atoms with E-state index in [1.807, 2.05) is 11.6 Å². The highest BCUT2D eigenvalue weighted by Gasteiger charge is 2.38. The second kappa shape index (κ2) is 9.36. The van der Waals surface area contributed by atoms with Crippen molar-refractivity contribution in [3.8, 4) is 10.6 Å². The maximum atomic E-state index is 13.9. The van der Waals surface area contributed by atoms with Gasteiger partial charge in [0.25, 0.3) is 5.91 Å². The Morgan fingerprint density at radius 2 is 1.95 bits per heavy atom. The lowest BCUT2D eigenvalue weighted by molar-refractivity contribution is -0.137. The fourth-order valence-electron chi connectivity index (χ4n) is 4.44. The number of carbonyl (C=O) groups excluding carboxylic acids is 1. The molecule has 0 unspecified atom stereocenters. The van der Waals surface area contributed by atoms with Crippen LogP contribution in [0.2, 0.25) is 0 Å². The van der Waals surface area contributed by atoms with Gasteiger partial charge in [-0.2, -0.15) is 18.3 Å². The number of hydrogen-bond donors (Lipinski definition) is 2. The number of alkyl halides is 3. The van der Waals surface area contributed by atoms with E-state index in [0.717, 1.165) is 37.7 Å². The molecular weight excluding hydrogens is 531 g/mol. The highest BCUT2D eigenvalue weighted by Crippen LogP contribution is 2.42. The van der Waals surface area contributed by atoms with Gasteiger partial charge in [0.05, 0.1) is 44.8 Å². The van der Waals surface area contributed by atoms with Gasteiger partial charge in [-0.1, -0.05) is 0 Å². The fourth-order valence-corrected chi connectivity index (χ4v) is 7.47. The second-order valence-corrected chi connectivity index (χ2v) is 12.1. The van der Waals surface area contributed by atoms with Crippen molar-refractivity contribution in [3.63, 3.8) is 0 Å². The molecule has 5 rings (SSSR count). The molecule has 2 aliphatic rings. The van der Waals surface area contributed by atoms with Crippen molar-refractivity contribution in [2.75, 3.05) is 37.8 Å². The summed E-state index contributed by atoms with van der Waals surface area (Å²) in [4.78, 5) is 21.5. The highest BCUT2D eigenvalue weighted by molar-refractivity contribution is 7.91. The third kappa shape index (κ3) is 4.82. The molecule has 3 aromatic heterocycles. The number of fused-ring (bicyclic) bond motifs is 1. The van der Waals surface area contributed by atoms with Gasteiger partial charge in [0, 0.05) is 19.8 Å². The minimum Gasteiger partial charge on any atom is -0.340 e. The Labute approximate surface area is 214 Å². The van der Waals surface area contributed by atoms with Crippen molar-refractivity contribution in [1.29, 1.82) is 0 Å². The van der Waals surface area contributed by atoms with E-state index < -0.39 is 33.2 Å². The van der Waals surface area contributed by atoms with Gasteiger partial charge < -0.3 is 15.5 Å². The number of thiophene rings is 1. The van der Waals surface area contributed by atoms with Crippen LogP contribution in [-0.4, -0.2) is 71.4 Å². The van der Waals surface area contributed by atoms with Crippen molar-refractivity contribution < 1.29 is 26.4 Å². The summed E-state index contributed by atoms with van der Waals surface area (Å²) in [5, 5.41) is 10.7. The van der Waals surface area contributed by atoms with E-state index in [-0.39, 0.29) is 38.9 Å². The number of aromatic nitrogens is 4. The Bertz CT molecular complexity index is 1460. The number of halogens is 3. The first kappa shape index (κ1) is 25.6. The van der Waals surface area contributed by atoms with Crippen molar-refractivity contribution in [3.05, 3.63) is 34.6 Å². The van der Waals surface area contributed by atoms with Crippen molar-refractivity contribution >= 4 is 38.7 Å². The number of carbonyl (C=O) groups is 1. The maximum absolute atomic E-state index is 13.9. The van der Waals surface area contributed by atoms with Gasteiger partial charge in [0.1, 0.15) is 10.4 Å². The number of rotatable bonds is 4. The Morgan fingerprint density at radius 1 is 1.22 bits per heavy atom. The van der Waals surface area contributed by atoms with E-state index >= 15 is 0 Å². The van der Waals surface area contributed by atoms with Crippen molar-refractivity contribution in [2.24, 2.45) is 0 Å². The highest BCUT2D eigenvalue weighted by atomic mass is 32.2. The maximum Gasteiger partial charge on any atom is 0.420 e. The van der Waals surface area contributed by atoms with E-state index in [0.29, 0.717) is 23.2 Å². The van der Waals surface area contributed by atoms with Crippen molar-refractivity contribution in [1.82, 2.24) is 30.0 Å². The van der Waals surface area contributed by atoms with E-state index in [1.54, 1.807) is 6.20 Å². The molecule has 198 valence electrons. The van der Waals surface area contributed by atoms with Gasteiger partial charge in [0.15, 0.2) is 9.84 Å². The average Bonchev–Trinajstić information content (AvgIpc) is 3.45. The van der Waals surface area contributed by atoms with E-state index in [9.17, 15) is 26.4 Å². The van der Waals surface area contributed by atoms with Crippen LogP contribution in [0.3, 0.4) is 0 Å². The quantitative estimate of drug-likeness (QED) is 0.503. The smallest absolute Gasteiger partial charge is 0.340 e. The van der Waals surface area contributed by atoms with Crippen LogP contribution in [0.5, 0.6) is 0 Å². The molecule has 5 heterocycles. The zero-order chi connectivity index (χ0) is 26.5. The predicted molar refractivity (Wildman–Crippen MR) is 131 cm³/mol. The zero-order valence-electron chi connectivity index (χ0n) is 20.0. The van der Waals surface area contributed by atoms with Crippen LogP contribution >= 0.6 is 11.3 Å². The van der Waals surface area contributed by atoms with Crippen molar-refractivity contribution in [2.45, 2.75) is 36.9 Å². The molecule has 2 N–H and O–H groups in total. The number of amides is 1. The predicted octanol–water partition coefficient (Wildman–Crippen LogP) is 3.26. The van der Waals surface area contributed by atoms with Crippen LogP contribution in [-0.2, 0) is 16.0 Å². The molecule has 0 bridgehead atoms. The molecule has 0 spiro atoms. The summed E-state index contributed by atoms with van der Waals surface area (Å²) in [7, 11) is -2.41. The molecule has 37 heavy (non-hydrogen) atoms. The first-order valence-corrected chi connectivity index (χ1v) is 14.0. The van der Waals surface area contributed by atoms with Gasteiger partial charge in [-0.05, 0) is 38.9 Å². The van der Waals surface area contributed by atoms with Crippen LogP contribution in [0, 0.1) is 6.92 Å². The summed E-state index contributed by atoms with van der Waals surface area (Å²) in [5.74, 6) is -0.985. The molecule has 1 fully saturated rings. The second-order valence-electron chi connectivity index (χ2n) is 9.00.